The molecule has 1 radical (unpaired) electrons. The van der Waals surface area contributed by atoms with Crippen LogP contribution in [0.25, 0.3) is 10.9 Å². The van der Waals surface area contributed by atoms with Gasteiger partial charge < -0.3 is 4.57 Å². The van der Waals surface area contributed by atoms with E-state index in [1.807, 2.05) is 47.2 Å². The van der Waals surface area contributed by atoms with Gasteiger partial charge in [-0.1, -0.05) is 24.3 Å². The van der Waals surface area contributed by atoms with Gasteiger partial charge in [0.15, 0.2) is 6.29 Å². The van der Waals surface area contributed by atoms with Crippen LogP contribution in [-0.4, -0.2) is 15.8 Å². The zero-order valence-electron chi connectivity index (χ0n) is 9.71. The number of para-hydroxylation sites is 1. The minimum absolute atomic E-state index is 0.606. The largest absolute Gasteiger partial charge is 0.334 e. The molecule has 2 aromatic heterocycles. The standard InChI is InChI=1S/C15H11N2O/c18-11-13-10-17(9-12-4-3-7-16-8-12)15-6-2-1-5-14(13)15/h1-8,11H,9H2. The Bertz CT molecular complexity index is 686. The summed E-state index contributed by atoms with van der Waals surface area (Å²) in [4.78, 5) is 15.1. The molecule has 1 aromatic carbocycles. The summed E-state index contributed by atoms with van der Waals surface area (Å²) in [6.45, 7) is 0.669. The van der Waals surface area contributed by atoms with E-state index in [0.717, 1.165) is 22.8 Å². The molecule has 2 heterocycles. The topological polar surface area (TPSA) is 34.9 Å². The van der Waals surface area contributed by atoms with Crippen molar-refractivity contribution in [1.82, 2.24) is 9.55 Å². The zero-order chi connectivity index (χ0) is 12.4. The van der Waals surface area contributed by atoms with Crippen LogP contribution in [0.1, 0.15) is 15.9 Å². The van der Waals surface area contributed by atoms with Gasteiger partial charge in [-0.15, -0.1) is 0 Å². The third-order valence-electron chi connectivity index (χ3n) is 2.92. The summed E-state index contributed by atoms with van der Waals surface area (Å²) in [5, 5.41) is 0.941. The molecule has 18 heavy (non-hydrogen) atoms. The lowest BCUT2D eigenvalue weighted by Crippen LogP contribution is -1.98. The maximum atomic E-state index is 11.0. The Labute approximate surface area is 105 Å². The molecule has 0 amide bonds. The van der Waals surface area contributed by atoms with E-state index in [1.165, 1.54) is 0 Å². The highest BCUT2D eigenvalue weighted by molar-refractivity contribution is 5.97. The number of aromatic nitrogens is 2. The van der Waals surface area contributed by atoms with E-state index < -0.39 is 0 Å². The minimum atomic E-state index is 0.606. The van der Waals surface area contributed by atoms with Gasteiger partial charge in [-0.3, -0.25) is 9.78 Å². The Morgan fingerprint density at radius 1 is 1.22 bits per heavy atom. The van der Waals surface area contributed by atoms with Crippen LogP contribution in [0.3, 0.4) is 0 Å². The number of carbonyl (C=O) groups is 1. The van der Waals surface area contributed by atoms with Crippen LogP contribution in [0.2, 0.25) is 0 Å². The fraction of sp³-hybridized carbons (Fsp3) is 0.0667. The number of rotatable bonds is 3. The fourth-order valence-corrected chi connectivity index (χ4v) is 2.09. The van der Waals surface area contributed by atoms with Crippen LogP contribution >= 0.6 is 0 Å². The average Bonchev–Trinajstić information content (AvgIpc) is 2.78. The van der Waals surface area contributed by atoms with Crippen LogP contribution in [0, 0.1) is 6.20 Å². The number of hydrogen-bond donors (Lipinski definition) is 0. The third kappa shape index (κ3) is 1.80. The Balaban J connectivity index is 2.10. The molecule has 0 N–H and O–H groups in total. The quantitative estimate of drug-likeness (QED) is 0.654. The van der Waals surface area contributed by atoms with Gasteiger partial charge in [0.05, 0.1) is 6.20 Å². The van der Waals surface area contributed by atoms with Gasteiger partial charge >= 0.3 is 0 Å². The lowest BCUT2D eigenvalue weighted by molar-refractivity contribution is 0.112. The molecule has 0 saturated heterocycles. The van der Waals surface area contributed by atoms with Crippen molar-refractivity contribution in [3.05, 3.63) is 66.1 Å². The van der Waals surface area contributed by atoms with Gasteiger partial charge in [-0.05, 0) is 17.7 Å². The molecule has 0 atom stereocenters. The molecule has 0 spiro atoms. The number of nitrogens with zero attached hydrogens (tertiary/aromatic N) is 2. The monoisotopic (exact) mass is 235 g/mol. The summed E-state index contributed by atoms with van der Waals surface area (Å²) in [5.41, 5.74) is 2.71. The first-order chi connectivity index (χ1) is 8.88. The second-order valence-corrected chi connectivity index (χ2v) is 4.11. The van der Waals surface area contributed by atoms with Crippen LogP contribution in [0.15, 0.2) is 48.8 Å². The Kier molecular flexibility index (Phi) is 2.65. The molecule has 0 fully saturated rings. The van der Waals surface area contributed by atoms with Gasteiger partial charge in [0.1, 0.15) is 0 Å². The summed E-state index contributed by atoms with van der Waals surface area (Å²) in [7, 11) is 0. The molecule has 87 valence electrons. The van der Waals surface area contributed by atoms with Crippen LogP contribution < -0.4 is 0 Å². The van der Waals surface area contributed by atoms with E-state index in [4.69, 9.17) is 0 Å². The number of carbonyl (C=O) groups excluding carboxylic acids is 1. The number of pyridine rings is 1. The first-order valence-corrected chi connectivity index (χ1v) is 5.73. The molecule has 3 aromatic rings. The predicted octanol–water partition coefficient (Wildman–Crippen LogP) is 2.70. The van der Waals surface area contributed by atoms with E-state index >= 15 is 0 Å². The fourth-order valence-electron chi connectivity index (χ4n) is 2.09. The van der Waals surface area contributed by atoms with Crippen molar-refractivity contribution >= 4 is 17.2 Å². The van der Waals surface area contributed by atoms with Gasteiger partial charge in [0.2, 0.25) is 0 Å². The lowest BCUT2D eigenvalue weighted by Gasteiger charge is -2.04. The van der Waals surface area contributed by atoms with Crippen LogP contribution in [0.4, 0.5) is 0 Å². The molecule has 0 saturated carbocycles. The summed E-state index contributed by atoms with van der Waals surface area (Å²) >= 11 is 0. The molecular formula is C15H11N2O. The van der Waals surface area contributed by atoms with Gasteiger partial charge in [0.25, 0.3) is 0 Å². The minimum Gasteiger partial charge on any atom is -0.334 e. The van der Waals surface area contributed by atoms with Gasteiger partial charge in [-0.25, -0.2) is 0 Å². The number of aldehydes is 1. The second-order valence-electron chi connectivity index (χ2n) is 4.11. The van der Waals surface area contributed by atoms with E-state index in [1.54, 1.807) is 6.20 Å². The van der Waals surface area contributed by atoms with Crippen LogP contribution in [0.5, 0.6) is 0 Å². The highest BCUT2D eigenvalue weighted by Gasteiger charge is 2.08. The molecule has 0 aliphatic rings. The van der Waals surface area contributed by atoms with Crippen molar-refractivity contribution in [2.24, 2.45) is 0 Å². The van der Waals surface area contributed by atoms with Gasteiger partial charge in [-0.2, -0.15) is 0 Å². The Morgan fingerprint density at radius 2 is 2.11 bits per heavy atom. The van der Waals surface area contributed by atoms with E-state index in [9.17, 15) is 4.79 Å². The molecular weight excluding hydrogens is 224 g/mol. The molecule has 0 aliphatic heterocycles. The highest BCUT2D eigenvalue weighted by atomic mass is 16.1. The average molecular weight is 235 g/mol. The molecule has 0 bridgehead atoms. The number of hydrogen-bond acceptors (Lipinski definition) is 2. The first kappa shape index (κ1) is 10.7. The Morgan fingerprint density at radius 3 is 2.89 bits per heavy atom. The molecule has 3 rings (SSSR count). The first-order valence-electron chi connectivity index (χ1n) is 5.73. The predicted molar refractivity (Wildman–Crippen MR) is 69.5 cm³/mol. The van der Waals surface area contributed by atoms with Crippen molar-refractivity contribution in [2.75, 3.05) is 0 Å². The van der Waals surface area contributed by atoms with E-state index in [-0.39, 0.29) is 0 Å². The van der Waals surface area contributed by atoms with Crippen molar-refractivity contribution in [3.8, 4) is 0 Å². The summed E-state index contributed by atoms with van der Waals surface area (Å²) in [5.74, 6) is 0. The number of benzene rings is 1. The SMILES string of the molecule is O=Cc1[c]n(Cc2cccnc2)c2ccccc12. The van der Waals surface area contributed by atoms with E-state index in [0.29, 0.717) is 12.1 Å². The second kappa shape index (κ2) is 4.45. The van der Waals surface area contributed by atoms with Crippen LogP contribution in [-0.2, 0) is 6.54 Å². The lowest BCUT2D eigenvalue weighted by atomic mass is 10.2. The van der Waals surface area contributed by atoms with E-state index in [2.05, 4.69) is 11.2 Å². The van der Waals surface area contributed by atoms with Crippen molar-refractivity contribution in [2.45, 2.75) is 6.54 Å². The van der Waals surface area contributed by atoms with Crippen molar-refractivity contribution in [1.29, 1.82) is 0 Å². The molecule has 0 aliphatic carbocycles. The highest BCUT2D eigenvalue weighted by Crippen LogP contribution is 2.20. The van der Waals surface area contributed by atoms with Gasteiger partial charge in [0, 0.05) is 35.4 Å². The number of fused-ring (bicyclic) bond motifs is 1. The normalized spacial score (nSPS) is 10.7. The third-order valence-corrected chi connectivity index (χ3v) is 2.92. The molecule has 0 unspecified atom stereocenters. The van der Waals surface area contributed by atoms with Crippen molar-refractivity contribution < 1.29 is 4.79 Å². The zero-order valence-corrected chi connectivity index (χ0v) is 9.71. The summed E-state index contributed by atoms with van der Waals surface area (Å²) in [6.07, 6.45) is 7.53. The molecule has 3 nitrogen and oxygen atoms in total. The molecule has 3 heteroatoms. The smallest absolute Gasteiger partial charge is 0.152 e. The summed E-state index contributed by atoms with van der Waals surface area (Å²) < 4.78 is 1.95. The summed E-state index contributed by atoms with van der Waals surface area (Å²) in [6, 6.07) is 11.7. The maximum absolute atomic E-state index is 11.0. The van der Waals surface area contributed by atoms with Crippen molar-refractivity contribution in [3.63, 3.8) is 0 Å². The maximum Gasteiger partial charge on any atom is 0.152 e. The Hall–Kier alpha value is -2.42.